The molecular formula is C15H13F3IO4S-. The third-order valence-corrected chi connectivity index (χ3v) is 13.8. The SMILES string of the molecule is O=S(=O)(O)C(F)(F)[I-](F)(c1ccccc1)c1ccc2c(c1)OCC2. The molecule has 0 saturated carbocycles. The Labute approximate surface area is 141 Å². The molecule has 9 heteroatoms. The zero-order chi connectivity index (χ0) is 17.6. The molecule has 24 heavy (non-hydrogen) atoms. The number of alkyl halides is 3. The van der Waals surface area contributed by atoms with Crippen LogP contribution in [0.3, 0.4) is 0 Å². The summed E-state index contributed by atoms with van der Waals surface area (Å²) in [4.78, 5) is 0. The Bertz CT molecular complexity index is 874. The molecule has 3 rings (SSSR count). The van der Waals surface area contributed by atoms with Gasteiger partial charge in [0.25, 0.3) is 0 Å². The first-order valence-corrected chi connectivity index (χ1v) is 12.3. The topological polar surface area (TPSA) is 63.6 Å². The number of hydrogen-bond donors (Lipinski definition) is 1. The van der Waals surface area contributed by atoms with Crippen LogP contribution in [0.5, 0.6) is 5.75 Å². The first kappa shape index (κ1) is 17.5. The Morgan fingerprint density at radius 3 is 2.38 bits per heavy atom. The summed E-state index contributed by atoms with van der Waals surface area (Å²) >= 11 is -6.22. The third kappa shape index (κ3) is 2.58. The van der Waals surface area contributed by atoms with Crippen molar-refractivity contribution in [2.45, 2.75) is 9.68 Å². The van der Waals surface area contributed by atoms with Gasteiger partial charge in [0.05, 0.1) is 0 Å². The zero-order valence-corrected chi connectivity index (χ0v) is 15.1. The van der Waals surface area contributed by atoms with Gasteiger partial charge in [-0.2, -0.15) is 0 Å². The maximum absolute atomic E-state index is 15.8. The van der Waals surface area contributed by atoms with E-state index in [2.05, 4.69) is 0 Å². The van der Waals surface area contributed by atoms with Gasteiger partial charge in [0, 0.05) is 0 Å². The van der Waals surface area contributed by atoms with Crippen molar-refractivity contribution in [2.75, 3.05) is 6.61 Å². The van der Waals surface area contributed by atoms with Crippen LogP contribution < -0.4 is 23.7 Å². The van der Waals surface area contributed by atoms with Gasteiger partial charge in [-0.3, -0.25) is 0 Å². The fraction of sp³-hybridized carbons (Fsp3) is 0.200. The van der Waals surface area contributed by atoms with E-state index in [9.17, 15) is 17.2 Å². The number of fused-ring (bicyclic) bond motifs is 1. The van der Waals surface area contributed by atoms with Gasteiger partial charge in [-0.15, -0.1) is 0 Å². The summed E-state index contributed by atoms with van der Waals surface area (Å²) in [5, 5.41) is 0. The molecule has 4 nitrogen and oxygen atoms in total. The Kier molecular flexibility index (Phi) is 4.29. The van der Waals surface area contributed by atoms with Crippen molar-refractivity contribution in [3.05, 3.63) is 61.2 Å². The molecule has 0 saturated heterocycles. The molecule has 0 radical (unpaired) electrons. The van der Waals surface area contributed by atoms with Crippen LogP contribution in [0, 0.1) is 7.14 Å². The van der Waals surface area contributed by atoms with Crippen LogP contribution in [0.1, 0.15) is 5.56 Å². The second kappa shape index (κ2) is 5.88. The number of benzene rings is 2. The molecule has 2 aromatic carbocycles. The van der Waals surface area contributed by atoms with Crippen molar-refractivity contribution < 1.29 is 48.4 Å². The minimum atomic E-state index is -6.22. The van der Waals surface area contributed by atoms with Gasteiger partial charge < -0.3 is 0 Å². The molecule has 0 fully saturated rings. The molecule has 0 spiro atoms. The van der Waals surface area contributed by atoms with Crippen molar-refractivity contribution >= 4 is 10.1 Å². The summed E-state index contributed by atoms with van der Waals surface area (Å²) in [5.41, 5.74) is 0.741. The molecule has 1 aliphatic heterocycles. The van der Waals surface area contributed by atoms with E-state index >= 15 is 2.86 Å². The molecular weight excluding hydrogens is 460 g/mol. The van der Waals surface area contributed by atoms with Gasteiger partial charge in [-0.05, 0) is 0 Å². The first-order chi connectivity index (χ1) is 11.2. The van der Waals surface area contributed by atoms with Gasteiger partial charge in [0.2, 0.25) is 0 Å². The van der Waals surface area contributed by atoms with Crippen LogP contribution in [0.25, 0.3) is 0 Å². The number of ether oxygens (including phenoxy) is 1. The molecule has 1 aliphatic rings. The molecule has 2 aromatic rings. The van der Waals surface area contributed by atoms with Gasteiger partial charge >= 0.3 is 142 Å². The number of hydrogen-bond acceptors (Lipinski definition) is 3. The van der Waals surface area contributed by atoms with E-state index < -0.39 is 39.5 Å². The van der Waals surface area contributed by atoms with E-state index in [4.69, 9.17) is 9.29 Å². The van der Waals surface area contributed by atoms with Crippen LogP contribution in [0.15, 0.2) is 48.5 Å². The number of rotatable bonds is 4. The Morgan fingerprint density at radius 2 is 1.75 bits per heavy atom. The second-order valence-electron chi connectivity index (χ2n) is 5.06. The predicted molar refractivity (Wildman–Crippen MR) is 77.1 cm³/mol. The van der Waals surface area contributed by atoms with E-state index in [1.807, 2.05) is 0 Å². The summed E-state index contributed by atoms with van der Waals surface area (Å²) < 4.78 is 75.9. The van der Waals surface area contributed by atoms with Gasteiger partial charge in [-0.25, -0.2) is 0 Å². The maximum atomic E-state index is 15.8. The molecule has 0 aliphatic carbocycles. The fourth-order valence-electron chi connectivity index (χ4n) is 2.40. The van der Waals surface area contributed by atoms with Crippen LogP contribution in [0.4, 0.5) is 11.6 Å². The van der Waals surface area contributed by atoms with Crippen LogP contribution in [-0.2, 0) is 16.5 Å². The van der Waals surface area contributed by atoms with E-state index in [-0.39, 0.29) is 5.75 Å². The van der Waals surface area contributed by atoms with Gasteiger partial charge in [-0.1, -0.05) is 0 Å². The second-order valence-corrected chi connectivity index (χ2v) is 13.9. The van der Waals surface area contributed by atoms with Crippen LogP contribution in [0.2, 0.25) is 0 Å². The van der Waals surface area contributed by atoms with E-state index in [1.54, 1.807) is 0 Å². The average molecular weight is 473 g/mol. The van der Waals surface area contributed by atoms with Crippen molar-refractivity contribution in [3.63, 3.8) is 0 Å². The normalized spacial score (nSPS) is 18.3. The van der Waals surface area contributed by atoms with Crippen molar-refractivity contribution in [3.8, 4) is 5.75 Å². The zero-order valence-electron chi connectivity index (χ0n) is 12.1. The fourth-order valence-corrected chi connectivity index (χ4v) is 11.1. The van der Waals surface area contributed by atoms with Gasteiger partial charge in [0.15, 0.2) is 0 Å². The molecule has 1 unspecified atom stereocenters. The van der Waals surface area contributed by atoms with E-state index in [0.717, 1.165) is 29.8 Å². The molecule has 0 amide bonds. The monoisotopic (exact) mass is 473 g/mol. The van der Waals surface area contributed by atoms with Crippen LogP contribution >= 0.6 is 0 Å². The Hall–Kier alpha value is -1.33. The standard InChI is InChI=1S/C15H13F3IO4S/c16-15(17,24(20,21)22)19(18,12-4-2-1-3-5-12)13-7-6-11-8-9-23-14(11)10-13/h1-7,10H,8-9H2,(H,20,21,22)/q-1. The van der Waals surface area contributed by atoms with E-state index in [1.165, 1.54) is 24.3 Å². The van der Waals surface area contributed by atoms with Gasteiger partial charge in [0.1, 0.15) is 0 Å². The molecule has 132 valence electrons. The average Bonchev–Trinajstić information content (AvgIpc) is 3.01. The molecule has 0 bridgehead atoms. The van der Waals surface area contributed by atoms with Crippen molar-refractivity contribution in [1.82, 2.24) is 0 Å². The summed E-state index contributed by atoms with van der Waals surface area (Å²) in [6.45, 7) is 0.351. The third-order valence-electron chi connectivity index (χ3n) is 3.59. The van der Waals surface area contributed by atoms with E-state index in [0.29, 0.717) is 13.0 Å². The molecule has 1 N–H and O–H groups in total. The Balaban J connectivity index is 2.28. The van der Waals surface area contributed by atoms with Crippen molar-refractivity contribution in [2.24, 2.45) is 0 Å². The number of halogens is 4. The minimum absolute atomic E-state index is 0.264. The molecule has 0 aromatic heterocycles. The molecule has 1 heterocycles. The quantitative estimate of drug-likeness (QED) is 0.390. The predicted octanol–water partition coefficient (Wildman–Crippen LogP) is 0.144. The van der Waals surface area contributed by atoms with Crippen LogP contribution in [-0.4, -0.2) is 22.8 Å². The molecule has 1 atom stereocenters. The summed E-state index contributed by atoms with van der Waals surface area (Å²) in [6.07, 6.45) is 0.571. The first-order valence-electron chi connectivity index (χ1n) is 6.80. The summed E-state index contributed by atoms with van der Waals surface area (Å²) in [7, 11) is -5.94. The summed E-state index contributed by atoms with van der Waals surface area (Å²) in [6, 6.07) is 10.2. The van der Waals surface area contributed by atoms with Crippen molar-refractivity contribution in [1.29, 1.82) is 0 Å². The Morgan fingerprint density at radius 1 is 1.08 bits per heavy atom. The summed E-state index contributed by atoms with van der Waals surface area (Å²) in [5.74, 6) is 0.264.